The molecule has 0 saturated carbocycles. The molecule has 0 radical (unpaired) electrons. The molecule has 2 aromatic carbocycles. The summed E-state index contributed by atoms with van der Waals surface area (Å²) in [7, 11) is 1.51. The lowest BCUT2D eigenvalue weighted by atomic mass is 10.1. The maximum atomic E-state index is 13.6. The Bertz CT molecular complexity index is 1980. The third-order valence-corrected chi connectivity index (χ3v) is 6.60. The smallest absolute Gasteiger partial charge is 0.412 e. The summed E-state index contributed by atoms with van der Waals surface area (Å²) in [6, 6.07) is 17.0. The Morgan fingerprint density at radius 1 is 0.816 bits per heavy atom. The normalized spacial score (nSPS) is 12.2. The second kappa shape index (κ2) is 7.97. The molecular formula is C27H18F3N7O. The number of rotatable bonds is 4. The predicted molar refractivity (Wildman–Crippen MR) is 136 cm³/mol. The third kappa shape index (κ3) is 3.21. The van der Waals surface area contributed by atoms with Crippen molar-refractivity contribution in [2.75, 3.05) is 7.11 Å². The molecule has 0 aliphatic heterocycles. The number of benzene rings is 2. The molecule has 0 bridgehead atoms. The molecule has 0 saturated heterocycles. The highest BCUT2D eigenvalue weighted by Gasteiger charge is 2.31. The predicted octanol–water partition coefficient (Wildman–Crippen LogP) is 5.58. The molecule has 188 valence electrons. The van der Waals surface area contributed by atoms with Crippen molar-refractivity contribution < 1.29 is 18.0 Å². The first-order chi connectivity index (χ1) is 18.4. The van der Waals surface area contributed by atoms with Gasteiger partial charge in [0.1, 0.15) is 19.0 Å². The Morgan fingerprint density at radius 2 is 1.61 bits per heavy atom. The highest BCUT2D eigenvalue weighted by atomic mass is 19.4. The lowest BCUT2D eigenvalue weighted by Gasteiger charge is -2.13. The first-order valence-corrected chi connectivity index (χ1v) is 11.6. The number of pyridine rings is 1. The summed E-state index contributed by atoms with van der Waals surface area (Å²) in [5.74, 6) is 1.26. The van der Waals surface area contributed by atoms with Crippen LogP contribution in [-0.4, -0.2) is 40.5 Å². The second-order valence-corrected chi connectivity index (χ2v) is 8.72. The van der Waals surface area contributed by atoms with E-state index in [1.54, 1.807) is 44.8 Å². The number of nitrogens with zero attached hydrogens (tertiary/aromatic N) is 7. The van der Waals surface area contributed by atoms with Crippen LogP contribution in [0.3, 0.4) is 0 Å². The van der Waals surface area contributed by atoms with Crippen LogP contribution in [0.2, 0.25) is 0 Å². The number of fused-ring (bicyclic) bond motifs is 3. The molecule has 0 aliphatic rings. The minimum Gasteiger partial charge on any atom is -0.412 e. The molecular weight excluding hydrogens is 495 g/mol. The van der Waals surface area contributed by atoms with E-state index >= 15 is 0 Å². The summed E-state index contributed by atoms with van der Waals surface area (Å²) in [5, 5.41) is 1.63. The molecule has 5 aromatic heterocycles. The largest absolute Gasteiger partial charge is 0.416 e. The van der Waals surface area contributed by atoms with E-state index in [-0.39, 0.29) is 0 Å². The Labute approximate surface area is 212 Å². The highest BCUT2D eigenvalue weighted by Crippen LogP contribution is 2.34. The molecule has 7 aromatic rings. The number of halogens is 3. The fourth-order valence-corrected chi connectivity index (χ4v) is 4.84. The van der Waals surface area contributed by atoms with Crippen LogP contribution in [-0.2, 0) is 6.18 Å². The van der Waals surface area contributed by atoms with Crippen LogP contribution in [0.5, 0.6) is 0 Å². The monoisotopic (exact) mass is 513 g/mol. The van der Waals surface area contributed by atoms with Crippen molar-refractivity contribution in [2.24, 2.45) is 0 Å². The zero-order valence-corrected chi connectivity index (χ0v) is 19.8. The molecule has 0 amide bonds. The van der Waals surface area contributed by atoms with Crippen molar-refractivity contribution in [3.8, 4) is 17.6 Å². The first-order valence-electron chi connectivity index (χ1n) is 11.6. The molecule has 0 N–H and O–H groups in total. The number of hydrogen-bond donors (Lipinski definition) is 0. The molecule has 5 heterocycles. The second-order valence-electron chi connectivity index (χ2n) is 8.72. The summed E-state index contributed by atoms with van der Waals surface area (Å²) in [4.78, 5) is 19.3. The average Bonchev–Trinajstić information content (AvgIpc) is 3.70. The molecule has 0 spiro atoms. The van der Waals surface area contributed by atoms with Gasteiger partial charge in [0.15, 0.2) is 5.82 Å². The van der Waals surface area contributed by atoms with Gasteiger partial charge in [0.25, 0.3) is 5.95 Å². The van der Waals surface area contributed by atoms with Crippen molar-refractivity contribution >= 4 is 32.8 Å². The molecule has 7 rings (SSSR count). The van der Waals surface area contributed by atoms with Crippen LogP contribution >= 0.6 is 0 Å². The summed E-state index contributed by atoms with van der Waals surface area (Å²) in [6.07, 6.45) is 4.02. The van der Waals surface area contributed by atoms with Gasteiger partial charge in [-0.05, 0) is 41.8 Å². The van der Waals surface area contributed by atoms with E-state index in [1.807, 2.05) is 47.2 Å². The van der Waals surface area contributed by atoms with Gasteiger partial charge >= 0.3 is 6.18 Å². The van der Waals surface area contributed by atoms with E-state index in [9.17, 15) is 13.2 Å². The van der Waals surface area contributed by atoms with E-state index in [2.05, 4.69) is 9.97 Å². The number of imidazole rings is 2. The maximum Gasteiger partial charge on any atom is 0.416 e. The molecule has 8 nitrogen and oxygen atoms in total. The van der Waals surface area contributed by atoms with Crippen molar-refractivity contribution in [2.45, 2.75) is 6.18 Å². The van der Waals surface area contributed by atoms with Gasteiger partial charge in [0.05, 0.1) is 28.3 Å². The van der Waals surface area contributed by atoms with Gasteiger partial charge in [-0.2, -0.15) is 18.2 Å². The number of alkyl halides is 3. The molecule has 0 aliphatic carbocycles. The number of hydrogen-bond acceptors (Lipinski definition) is 4. The molecule has 0 fully saturated rings. The van der Waals surface area contributed by atoms with Crippen LogP contribution in [0.4, 0.5) is 13.2 Å². The van der Waals surface area contributed by atoms with Crippen LogP contribution in [0.25, 0.3) is 50.4 Å². The Balaban J connectivity index is 1.57. The summed E-state index contributed by atoms with van der Waals surface area (Å²) < 4.78 is 47.7. The van der Waals surface area contributed by atoms with E-state index in [1.165, 1.54) is 13.2 Å². The van der Waals surface area contributed by atoms with E-state index in [4.69, 9.17) is 9.82 Å². The van der Waals surface area contributed by atoms with E-state index in [0.29, 0.717) is 34.0 Å². The van der Waals surface area contributed by atoms with E-state index in [0.717, 1.165) is 28.6 Å². The Hall–Kier alpha value is -5.06. The van der Waals surface area contributed by atoms with E-state index < -0.39 is 11.7 Å². The molecule has 11 heteroatoms. The van der Waals surface area contributed by atoms with Crippen molar-refractivity contribution in [1.29, 1.82) is 0 Å². The quantitative estimate of drug-likeness (QED) is 0.308. The lowest BCUT2D eigenvalue weighted by molar-refractivity contribution is -0.137. The number of para-hydroxylation sites is 1. The topological polar surface area (TPSA) is 67.6 Å². The lowest BCUT2D eigenvalue weighted by Crippen LogP contribution is -2.16. The molecule has 0 unspecified atom stereocenters. The van der Waals surface area contributed by atoms with Gasteiger partial charge in [-0.3, -0.25) is 18.7 Å². The summed E-state index contributed by atoms with van der Waals surface area (Å²) in [5.41, 5.74) is 1.91. The van der Waals surface area contributed by atoms with Gasteiger partial charge < -0.3 is 4.84 Å². The SMILES string of the molecule is COn1c(-n2cnc3cnccc32)nc(-n2ccc3ccc(C(F)(F)F)cc32)c1-n1ccc2ccccc21. The zero-order chi connectivity index (χ0) is 26.0. The Morgan fingerprint density at radius 3 is 2.42 bits per heavy atom. The van der Waals surface area contributed by atoms with Gasteiger partial charge in [-0.25, -0.2) is 4.98 Å². The standard InChI is InChI=1S/C27H18F3N7O/c1-38-37-25(35-13-10-17-4-2-3-5-21(17)35)24(33-26(37)36-16-32-20-15-31-11-8-22(20)36)34-12-9-18-6-7-19(14-23(18)34)27(28,29)30/h2-16H,1H3. The average molecular weight is 513 g/mol. The fourth-order valence-electron chi connectivity index (χ4n) is 4.84. The molecule has 38 heavy (non-hydrogen) atoms. The van der Waals surface area contributed by atoms with Gasteiger partial charge in [-0.15, -0.1) is 4.73 Å². The van der Waals surface area contributed by atoms with Crippen molar-refractivity contribution in [1.82, 2.24) is 33.4 Å². The van der Waals surface area contributed by atoms with Crippen molar-refractivity contribution in [3.05, 3.63) is 97.3 Å². The van der Waals surface area contributed by atoms with Crippen LogP contribution < -0.4 is 4.84 Å². The van der Waals surface area contributed by atoms with Gasteiger partial charge in [-0.1, -0.05) is 24.3 Å². The minimum atomic E-state index is -4.48. The third-order valence-electron chi connectivity index (χ3n) is 6.60. The van der Waals surface area contributed by atoms with Crippen LogP contribution in [0.15, 0.2) is 91.8 Å². The van der Waals surface area contributed by atoms with Crippen LogP contribution in [0, 0.1) is 0 Å². The highest BCUT2D eigenvalue weighted by molar-refractivity contribution is 5.85. The summed E-state index contributed by atoms with van der Waals surface area (Å²) in [6.45, 7) is 0. The minimum absolute atomic E-state index is 0.365. The Kier molecular flexibility index (Phi) is 4.65. The van der Waals surface area contributed by atoms with Crippen molar-refractivity contribution in [3.63, 3.8) is 0 Å². The fraction of sp³-hybridized carbons (Fsp3) is 0.0741. The summed E-state index contributed by atoms with van der Waals surface area (Å²) >= 11 is 0. The molecule has 0 atom stereocenters. The van der Waals surface area contributed by atoms with Crippen LogP contribution in [0.1, 0.15) is 5.56 Å². The number of aromatic nitrogens is 7. The van der Waals surface area contributed by atoms with Gasteiger partial charge in [0.2, 0.25) is 5.82 Å². The van der Waals surface area contributed by atoms with Gasteiger partial charge in [0, 0.05) is 24.0 Å². The first kappa shape index (κ1) is 22.2. The zero-order valence-electron chi connectivity index (χ0n) is 19.8. The maximum absolute atomic E-state index is 13.6.